The Bertz CT molecular complexity index is 2830. The van der Waals surface area contributed by atoms with Crippen molar-refractivity contribution in [2.24, 2.45) is 22.5 Å². The lowest BCUT2D eigenvalue weighted by Gasteiger charge is -2.44. The minimum absolute atomic E-state index is 0.0522. The number of pyridine rings is 1. The number of rotatable bonds is 17. The van der Waals surface area contributed by atoms with Crippen LogP contribution in [-0.4, -0.2) is 162 Å². The summed E-state index contributed by atoms with van der Waals surface area (Å²) in [6.07, 6.45) is 8.31. The molecule has 4 aromatic heterocycles. The van der Waals surface area contributed by atoms with Gasteiger partial charge in [-0.2, -0.15) is 0 Å². The number of piperidine rings is 2. The van der Waals surface area contributed by atoms with Crippen LogP contribution in [0.5, 0.6) is 0 Å². The summed E-state index contributed by atoms with van der Waals surface area (Å²) in [5.74, 6) is 0.807. The molecule has 9 rings (SSSR count). The lowest BCUT2D eigenvalue weighted by atomic mass is 9.79. The maximum absolute atomic E-state index is 14.4. The maximum Gasteiger partial charge on any atom is 0.248 e. The van der Waals surface area contributed by atoms with Crippen molar-refractivity contribution in [3.63, 3.8) is 0 Å². The van der Waals surface area contributed by atoms with Crippen molar-refractivity contribution >= 4 is 64.1 Å². The molecule has 408 valence electrons. The lowest BCUT2D eigenvalue weighted by Crippen LogP contribution is -2.55. The van der Waals surface area contributed by atoms with Gasteiger partial charge >= 0.3 is 0 Å². The number of β-amino-alcohol motifs (C(OH)–C–C–N with tert-alkyl or cyclic N) is 1. The highest BCUT2D eigenvalue weighted by Gasteiger charge is 2.44. The fourth-order valence-electron chi connectivity index (χ4n) is 11.1. The van der Waals surface area contributed by atoms with Gasteiger partial charge in [0.15, 0.2) is 5.82 Å². The molecule has 8 heterocycles. The highest BCUT2D eigenvalue weighted by Crippen LogP contribution is 2.42. The Morgan fingerprint density at radius 3 is 2.26 bits per heavy atom. The normalized spacial score (nSPS) is 20.8. The van der Waals surface area contributed by atoms with Crippen LogP contribution in [0.25, 0.3) is 10.4 Å². The molecule has 3 amide bonds. The number of benzene rings is 1. The third-order valence-electron chi connectivity index (χ3n) is 16.1. The second-order valence-electron chi connectivity index (χ2n) is 22.0. The second kappa shape index (κ2) is 23.8. The number of anilines is 2. The molecule has 0 bridgehead atoms. The van der Waals surface area contributed by atoms with Crippen LogP contribution in [0, 0.1) is 30.6 Å². The molecule has 0 radical (unpaired) electrons. The van der Waals surface area contributed by atoms with E-state index in [1.807, 2.05) is 56.3 Å². The van der Waals surface area contributed by atoms with Crippen LogP contribution in [-0.2, 0) is 21.0 Å². The van der Waals surface area contributed by atoms with Crippen LogP contribution >= 0.6 is 34.7 Å². The van der Waals surface area contributed by atoms with E-state index in [1.54, 1.807) is 34.6 Å². The second-order valence-corrected chi connectivity index (χ2v) is 24.3. The maximum atomic E-state index is 14.4. The Hall–Kier alpha value is -5.29. The van der Waals surface area contributed by atoms with Crippen molar-refractivity contribution in [2.45, 2.75) is 121 Å². The van der Waals surface area contributed by atoms with Crippen molar-refractivity contribution < 1.29 is 24.6 Å². The zero-order valence-electron chi connectivity index (χ0n) is 44.6. The third kappa shape index (κ3) is 12.2. The van der Waals surface area contributed by atoms with E-state index < -0.39 is 23.6 Å². The molecule has 0 saturated carbocycles. The number of carbonyl (C=O) groups excluding carboxylic acids is 3. The van der Waals surface area contributed by atoms with Crippen LogP contribution < -0.4 is 20.9 Å². The van der Waals surface area contributed by atoms with Crippen molar-refractivity contribution in [1.82, 2.24) is 54.9 Å². The molecule has 1 aromatic carbocycles. The number of hydrogen-bond acceptors (Lipinski definition) is 17. The molecule has 4 fully saturated rings. The Labute approximate surface area is 459 Å². The fraction of sp³-hybridized carbons (Fsp3) is 0.574. The van der Waals surface area contributed by atoms with Gasteiger partial charge in [-0.1, -0.05) is 80.5 Å². The molecule has 4 aliphatic rings. The molecule has 5 N–H and O–H groups in total. The summed E-state index contributed by atoms with van der Waals surface area (Å²) in [4.78, 5) is 73.8. The number of likely N-dealkylation sites (tertiary alicyclic amines) is 1. The number of thiazole rings is 1. The highest BCUT2D eigenvalue weighted by molar-refractivity contribution is 7.99. The van der Waals surface area contributed by atoms with E-state index in [0.29, 0.717) is 105 Å². The van der Waals surface area contributed by atoms with E-state index >= 15 is 0 Å². The van der Waals surface area contributed by atoms with Crippen LogP contribution in [0.1, 0.15) is 101 Å². The standard InChI is InChI=1S/C54H73ClN14O5S2/c1-34(2)46(69-29-35(3)62-63-69)51(73)68-30-39(71)27-42(68)50(72)61-40(37-7-9-38(10-8-37)47-36(4)59-33-75-47)12-18-64-23-25-67(26-24-64)52(74)54(6)15-21-66(22-16-54)49-45(55)43(11-17-57-49)76-44-28-58-48(41(31-70)60-44)65-19-13-53(5,32-56)14-20-65/h7-11,17,28-29,33-34,39-40,42,46,70-71H,12-16,18-27,30-32,56H2,1-6H3,(H,61,72)/t39-,40+,42+,46+/m1/s1. The summed E-state index contributed by atoms with van der Waals surface area (Å²) in [5.41, 5.74) is 11.6. The Balaban J connectivity index is 0.805. The van der Waals surface area contributed by atoms with Crippen LogP contribution in [0.15, 0.2) is 64.4 Å². The molecule has 0 unspecified atom stereocenters. The van der Waals surface area contributed by atoms with E-state index in [-0.39, 0.29) is 54.7 Å². The van der Waals surface area contributed by atoms with Gasteiger partial charge < -0.3 is 40.9 Å². The molecule has 4 saturated heterocycles. The topological polar surface area (TPSA) is 228 Å². The third-order valence-corrected chi connectivity index (χ3v) is 18.6. The number of nitrogens with zero attached hydrogens (tertiary/aromatic N) is 12. The number of nitrogens with one attached hydrogen (secondary N) is 1. The molecule has 0 aliphatic carbocycles. The minimum atomic E-state index is -0.860. The van der Waals surface area contributed by atoms with E-state index in [2.05, 4.69) is 61.3 Å². The van der Waals surface area contributed by atoms with Crippen molar-refractivity contribution in [2.75, 3.05) is 81.8 Å². The first-order valence-corrected chi connectivity index (χ1v) is 28.7. The van der Waals surface area contributed by atoms with Gasteiger partial charge in [-0.05, 0) is 81.0 Å². The summed E-state index contributed by atoms with van der Waals surface area (Å²) in [6, 6.07) is 8.16. The number of aromatic nitrogens is 7. The van der Waals surface area contributed by atoms with Gasteiger partial charge in [0.1, 0.15) is 28.6 Å². The zero-order chi connectivity index (χ0) is 53.9. The number of piperazine rings is 1. The van der Waals surface area contributed by atoms with Crippen molar-refractivity contribution in [3.8, 4) is 10.4 Å². The number of aliphatic hydroxyl groups excluding tert-OH is 2. The molecule has 4 atom stereocenters. The van der Waals surface area contributed by atoms with Gasteiger partial charge in [0, 0.05) is 94.6 Å². The van der Waals surface area contributed by atoms with E-state index in [1.165, 1.54) is 16.7 Å². The SMILES string of the molecule is Cc1cn([C@H](C(=O)N2C[C@H](O)C[C@H]2C(=O)N[C@@H](CCN2CCN(C(=O)C3(C)CCN(c4nccc(Sc5cnc(N6CCC(C)(CN)CC6)c(CO)n5)c4Cl)CC3)CC2)c2ccc(-c3scnc3C)cc2)C(C)C)nn1. The largest absolute Gasteiger partial charge is 0.391 e. The summed E-state index contributed by atoms with van der Waals surface area (Å²) in [5, 5.41) is 34.0. The van der Waals surface area contributed by atoms with Crippen molar-refractivity contribution in [3.05, 3.63) is 82.1 Å². The van der Waals surface area contributed by atoms with Gasteiger partial charge in [0.05, 0.1) is 51.7 Å². The molecular formula is C54H73ClN14O5S2. The number of aliphatic hydroxyl groups is 2. The van der Waals surface area contributed by atoms with Crippen LogP contribution in [0.2, 0.25) is 5.02 Å². The smallest absolute Gasteiger partial charge is 0.248 e. The number of halogens is 1. The number of hydrogen-bond donors (Lipinski definition) is 4. The first kappa shape index (κ1) is 55.5. The molecule has 0 spiro atoms. The minimum Gasteiger partial charge on any atom is -0.391 e. The lowest BCUT2D eigenvalue weighted by molar-refractivity contribution is -0.144. The number of nitrogens with two attached hydrogens (primary N) is 1. The van der Waals surface area contributed by atoms with Crippen LogP contribution in [0.4, 0.5) is 11.6 Å². The molecule has 5 aromatic rings. The summed E-state index contributed by atoms with van der Waals surface area (Å²) in [6.45, 7) is 18.5. The quantitative estimate of drug-likeness (QED) is 0.0847. The average molecular weight is 1100 g/mol. The Kier molecular flexibility index (Phi) is 17.3. The van der Waals surface area contributed by atoms with E-state index in [9.17, 15) is 24.6 Å². The average Bonchev–Trinajstić information content (AvgIpc) is 4.17. The van der Waals surface area contributed by atoms with E-state index in [4.69, 9.17) is 32.3 Å². The number of amides is 3. The van der Waals surface area contributed by atoms with Gasteiger partial charge in [-0.15, -0.1) is 16.4 Å². The first-order chi connectivity index (χ1) is 36.5. The molecule has 76 heavy (non-hydrogen) atoms. The summed E-state index contributed by atoms with van der Waals surface area (Å²) < 4.78 is 1.56. The zero-order valence-corrected chi connectivity index (χ0v) is 47.0. The van der Waals surface area contributed by atoms with Gasteiger partial charge in [-0.3, -0.25) is 19.3 Å². The Morgan fingerprint density at radius 1 is 0.934 bits per heavy atom. The van der Waals surface area contributed by atoms with Gasteiger partial charge in [0.2, 0.25) is 17.7 Å². The monoisotopic (exact) mass is 1100 g/mol. The molecule has 4 aliphatic heterocycles. The highest BCUT2D eigenvalue weighted by atomic mass is 35.5. The molecule has 22 heteroatoms. The number of aryl methyl sites for hydroxylation is 2. The molecule has 19 nitrogen and oxygen atoms in total. The first-order valence-electron chi connectivity index (χ1n) is 26.6. The van der Waals surface area contributed by atoms with Gasteiger partial charge in [0.25, 0.3) is 0 Å². The summed E-state index contributed by atoms with van der Waals surface area (Å²) >= 11 is 10.1. The fourth-order valence-corrected chi connectivity index (χ4v) is 13.1. The Morgan fingerprint density at radius 2 is 1.63 bits per heavy atom. The van der Waals surface area contributed by atoms with Crippen molar-refractivity contribution in [1.29, 1.82) is 0 Å². The van der Waals surface area contributed by atoms with Gasteiger partial charge in [-0.25, -0.2) is 24.6 Å². The number of carbonyl (C=O) groups is 3. The predicted octanol–water partition coefficient (Wildman–Crippen LogP) is 5.92. The summed E-state index contributed by atoms with van der Waals surface area (Å²) in [7, 11) is 0. The molecular weight excluding hydrogens is 1020 g/mol. The van der Waals surface area contributed by atoms with E-state index in [0.717, 1.165) is 52.5 Å². The van der Waals surface area contributed by atoms with Crippen LogP contribution in [0.3, 0.4) is 0 Å². The predicted molar refractivity (Wildman–Crippen MR) is 295 cm³/mol.